The molecule has 1 unspecified atom stereocenters. The number of rotatable bonds is 2. The van der Waals surface area contributed by atoms with E-state index >= 15 is 0 Å². The lowest BCUT2D eigenvalue weighted by Gasteiger charge is -2.06. The highest BCUT2D eigenvalue weighted by molar-refractivity contribution is 5.24. The van der Waals surface area contributed by atoms with Crippen molar-refractivity contribution in [1.29, 1.82) is 0 Å². The largest absolute Gasteiger partial charge is 0.396 e. The summed E-state index contributed by atoms with van der Waals surface area (Å²) >= 11 is 0. The SMILES string of the molecule is CC(=C1CC1)C(C)CO. The Hall–Kier alpha value is -0.300. The Morgan fingerprint density at radius 2 is 2.22 bits per heavy atom. The molecule has 0 saturated heterocycles. The number of allylic oxidation sites excluding steroid dienone is 1. The summed E-state index contributed by atoms with van der Waals surface area (Å²) < 4.78 is 0. The van der Waals surface area contributed by atoms with Crippen molar-refractivity contribution in [2.45, 2.75) is 26.7 Å². The van der Waals surface area contributed by atoms with Crippen LogP contribution in [0.5, 0.6) is 0 Å². The number of hydrogen-bond acceptors (Lipinski definition) is 1. The van der Waals surface area contributed by atoms with E-state index in [1.807, 2.05) is 0 Å². The zero-order valence-corrected chi connectivity index (χ0v) is 6.15. The third-order valence-electron chi connectivity index (χ3n) is 2.07. The first kappa shape index (κ1) is 6.81. The average Bonchev–Trinajstić information content (AvgIpc) is 2.66. The van der Waals surface area contributed by atoms with E-state index in [-0.39, 0.29) is 0 Å². The standard InChI is InChI=1S/C8H14O/c1-6(5-9)7(2)8-3-4-8/h6,9H,3-5H2,1-2H3. The summed E-state index contributed by atoms with van der Waals surface area (Å²) in [6, 6.07) is 0. The van der Waals surface area contributed by atoms with Crippen LogP contribution >= 0.6 is 0 Å². The molecule has 0 aromatic heterocycles. The molecule has 1 nitrogen and oxygen atoms in total. The molecule has 0 spiro atoms. The second-order valence-corrected chi connectivity index (χ2v) is 2.87. The summed E-state index contributed by atoms with van der Waals surface area (Å²) in [6.07, 6.45) is 2.55. The minimum atomic E-state index is 0.301. The minimum Gasteiger partial charge on any atom is -0.396 e. The fourth-order valence-corrected chi connectivity index (χ4v) is 0.942. The van der Waals surface area contributed by atoms with Gasteiger partial charge in [0, 0.05) is 12.5 Å². The van der Waals surface area contributed by atoms with Crippen LogP contribution in [0.25, 0.3) is 0 Å². The van der Waals surface area contributed by atoms with Crippen molar-refractivity contribution in [1.82, 2.24) is 0 Å². The van der Waals surface area contributed by atoms with E-state index in [1.165, 1.54) is 18.4 Å². The fourth-order valence-electron chi connectivity index (χ4n) is 0.942. The molecule has 9 heavy (non-hydrogen) atoms. The van der Waals surface area contributed by atoms with Crippen molar-refractivity contribution in [2.24, 2.45) is 5.92 Å². The van der Waals surface area contributed by atoms with Crippen LogP contribution in [-0.4, -0.2) is 11.7 Å². The summed E-state index contributed by atoms with van der Waals surface area (Å²) in [6.45, 7) is 4.50. The Bertz CT molecular complexity index is 130. The van der Waals surface area contributed by atoms with Gasteiger partial charge >= 0.3 is 0 Å². The summed E-state index contributed by atoms with van der Waals surface area (Å²) in [5.74, 6) is 0.391. The molecule has 0 aliphatic heterocycles. The highest BCUT2D eigenvalue weighted by Crippen LogP contribution is 2.34. The zero-order valence-electron chi connectivity index (χ0n) is 6.15. The fraction of sp³-hybridized carbons (Fsp3) is 0.750. The molecule has 1 saturated carbocycles. The second-order valence-electron chi connectivity index (χ2n) is 2.87. The Balaban J connectivity index is 2.50. The molecule has 0 aromatic rings. The van der Waals surface area contributed by atoms with Crippen LogP contribution in [0.3, 0.4) is 0 Å². The van der Waals surface area contributed by atoms with Crippen molar-refractivity contribution in [3.8, 4) is 0 Å². The first-order valence-electron chi connectivity index (χ1n) is 3.55. The van der Waals surface area contributed by atoms with E-state index in [0.717, 1.165) is 0 Å². The Morgan fingerprint density at radius 3 is 2.56 bits per heavy atom. The molecule has 0 aromatic carbocycles. The van der Waals surface area contributed by atoms with Crippen LogP contribution < -0.4 is 0 Å². The van der Waals surface area contributed by atoms with Crippen LogP contribution in [0.15, 0.2) is 11.1 Å². The van der Waals surface area contributed by atoms with E-state index in [9.17, 15) is 0 Å². The highest BCUT2D eigenvalue weighted by Gasteiger charge is 2.17. The van der Waals surface area contributed by atoms with Gasteiger partial charge in [0.05, 0.1) is 0 Å². The lowest BCUT2D eigenvalue weighted by Crippen LogP contribution is -2.01. The van der Waals surface area contributed by atoms with Crippen LogP contribution in [0.2, 0.25) is 0 Å². The van der Waals surface area contributed by atoms with Gasteiger partial charge in [-0.25, -0.2) is 0 Å². The van der Waals surface area contributed by atoms with Gasteiger partial charge in [0.25, 0.3) is 0 Å². The van der Waals surface area contributed by atoms with Crippen molar-refractivity contribution >= 4 is 0 Å². The van der Waals surface area contributed by atoms with Crippen LogP contribution in [0.4, 0.5) is 0 Å². The molecule has 1 rings (SSSR count). The quantitative estimate of drug-likeness (QED) is 0.558. The van der Waals surface area contributed by atoms with E-state index < -0.39 is 0 Å². The first-order valence-corrected chi connectivity index (χ1v) is 3.55. The topological polar surface area (TPSA) is 20.2 Å². The molecule has 0 bridgehead atoms. The third kappa shape index (κ3) is 1.55. The van der Waals surface area contributed by atoms with Gasteiger partial charge in [-0.2, -0.15) is 0 Å². The molecule has 0 radical (unpaired) electrons. The second kappa shape index (κ2) is 2.53. The lowest BCUT2D eigenvalue weighted by molar-refractivity contribution is 0.256. The van der Waals surface area contributed by atoms with Gasteiger partial charge in [-0.3, -0.25) is 0 Å². The molecule has 0 amide bonds. The monoisotopic (exact) mass is 126 g/mol. The van der Waals surface area contributed by atoms with Crippen molar-refractivity contribution in [2.75, 3.05) is 6.61 Å². The van der Waals surface area contributed by atoms with Gasteiger partial charge in [-0.05, 0) is 19.8 Å². The molecule has 1 aliphatic carbocycles. The molecule has 0 heterocycles. The molecule has 1 N–H and O–H groups in total. The molecule has 52 valence electrons. The Kier molecular flexibility index (Phi) is 1.91. The van der Waals surface area contributed by atoms with Gasteiger partial charge in [-0.1, -0.05) is 18.1 Å². The van der Waals surface area contributed by atoms with Crippen molar-refractivity contribution in [3.63, 3.8) is 0 Å². The zero-order chi connectivity index (χ0) is 6.85. The summed E-state index contributed by atoms with van der Waals surface area (Å²) in [4.78, 5) is 0. The smallest absolute Gasteiger partial charge is 0.0493 e. The van der Waals surface area contributed by atoms with Gasteiger partial charge in [-0.15, -0.1) is 0 Å². The van der Waals surface area contributed by atoms with Gasteiger partial charge in [0.1, 0.15) is 0 Å². The molecular weight excluding hydrogens is 112 g/mol. The van der Waals surface area contributed by atoms with Gasteiger partial charge in [0.2, 0.25) is 0 Å². The van der Waals surface area contributed by atoms with E-state index in [2.05, 4.69) is 13.8 Å². The van der Waals surface area contributed by atoms with Crippen LogP contribution in [0.1, 0.15) is 26.7 Å². The third-order valence-corrected chi connectivity index (χ3v) is 2.07. The summed E-state index contributed by atoms with van der Waals surface area (Å²) in [5.41, 5.74) is 2.98. The maximum atomic E-state index is 8.75. The predicted molar refractivity (Wildman–Crippen MR) is 38.2 cm³/mol. The van der Waals surface area contributed by atoms with Crippen LogP contribution in [-0.2, 0) is 0 Å². The van der Waals surface area contributed by atoms with Gasteiger partial charge < -0.3 is 5.11 Å². The van der Waals surface area contributed by atoms with Gasteiger partial charge in [0.15, 0.2) is 0 Å². The molecule has 1 fully saturated rings. The highest BCUT2D eigenvalue weighted by atomic mass is 16.3. The summed E-state index contributed by atoms with van der Waals surface area (Å²) in [7, 11) is 0. The van der Waals surface area contributed by atoms with E-state index in [1.54, 1.807) is 5.57 Å². The lowest BCUT2D eigenvalue weighted by atomic mass is 10.0. The number of aliphatic hydroxyl groups is 1. The Labute approximate surface area is 56.4 Å². The normalized spacial score (nSPS) is 19.7. The van der Waals surface area contributed by atoms with E-state index in [0.29, 0.717) is 12.5 Å². The first-order chi connectivity index (χ1) is 4.25. The summed E-state index contributed by atoms with van der Waals surface area (Å²) in [5, 5.41) is 8.75. The average molecular weight is 126 g/mol. The molecule has 1 aliphatic rings. The van der Waals surface area contributed by atoms with Crippen molar-refractivity contribution < 1.29 is 5.11 Å². The Morgan fingerprint density at radius 1 is 1.67 bits per heavy atom. The molecule has 1 atom stereocenters. The molecular formula is C8H14O. The van der Waals surface area contributed by atoms with Crippen molar-refractivity contribution in [3.05, 3.63) is 11.1 Å². The minimum absolute atomic E-state index is 0.301. The molecule has 1 heteroatoms. The van der Waals surface area contributed by atoms with E-state index in [4.69, 9.17) is 5.11 Å². The predicted octanol–water partition coefficient (Wildman–Crippen LogP) is 1.73. The number of aliphatic hydroxyl groups excluding tert-OH is 1. The maximum absolute atomic E-state index is 8.75. The van der Waals surface area contributed by atoms with Crippen LogP contribution in [0, 0.1) is 5.92 Å². The maximum Gasteiger partial charge on any atom is 0.0493 e. The number of hydrogen-bond donors (Lipinski definition) is 1.